The third-order valence-electron chi connectivity index (χ3n) is 3.42. The van der Waals surface area contributed by atoms with Crippen LogP contribution in [0.5, 0.6) is 0 Å². The molecule has 7 heteroatoms. The Morgan fingerprint density at radius 2 is 1.46 bits per heavy atom. The van der Waals surface area contributed by atoms with E-state index in [4.69, 9.17) is 0 Å². The molecule has 0 fully saturated rings. The average molecular weight is 429 g/mol. The second-order valence-corrected chi connectivity index (χ2v) is 7.84. The summed E-state index contributed by atoms with van der Waals surface area (Å²) in [4.78, 5) is 15.6. The van der Waals surface area contributed by atoms with Crippen LogP contribution < -0.4 is 0 Å². The van der Waals surface area contributed by atoms with Gasteiger partial charge in [-0.25, -0.2) is 4.99 Å². The molecule has 2 aromatic rings. The summed E-state index contributed by atoms with van der Waals surface area (Å²) in [6, 6.07) is 15.0. The molecule has 1 aliphatic rings. The zero-order valence-electron chi connectivity index (χ0n) is 13.4. The summed E-state index contributed by atoms with van der Waals surface area (Å²) in [5, 5.41) is 0. The predicted octanol–water partition coefficient (Wildman–Crippen LogP) is 3.72. The second-order valence-electron chi connectivity index (χ2n) is 5.32. The zero-order valence-corrected chi connectivity index (χ0v) is 15.8. The molecule has 2 aromatic carbocycles. The molecular weight excluding hydrogens is 416 g/mol. The fourth-order valence-corrected chi connectivity index (χ4v) is 3.36. The largest absolute Gasteiger partial charge is 0.290 e. The highest BCUT2D eigenvalue weighted by Gasteiger charge is 2.16. The van der Waals surface area contributed by atoms with Crippen LogP contribution in [-0.4, -0.2) is 25.7 Å². The minimum absolute atomic E-state index is 0.0483. The molecule has 0 aromatic heterocycles. The maximum absolute atomic E-state index is 12.7. The maximum atomic E-state index is 12.7. The fraction of sp³-hybridized carbons (Fsp3) is 0. The van der Waals surface area contributed by atoms with Gasteiger partial charge >= 0.3 is 0 Å². The lowest BCUT2D eigenvalue weighted by Gasteiger charge is -2.05. The molecule has 130 valence electrons. The Morgan fingerprint density at radius 1 is 0.846 bits per heavy atom. The molecule has 0 saturated carbocycles. The molecule has 0 unspecified atom stereocenters. The summed E-state index contributed by atoms with van der Waals surface area (Å²) in [5.41, 5.74) is 0.998. The van der Waals surface area contributed by atoms with Gasteiger partial charge < -0.3 is 0 Å². The Balaban J connectivity index is 2.09. The number of allylic oxidation sites excluding steroid dienone is 4. The van der Waals surface area contributed by atoms with E-state index in [-0.39, 0.29) is 16.5 Å². The molecule has 0 spiro atoms. The number of aliphatic imine (C=N–C) groups is 1. The number of benzene rings is 2. The molecule has 3 rings (SSSR count). The number of hydrogen-bond acceptors (Lipinski definition) is 3. The van der Waals surface area contributed by atoms with E-state index in [1.165, 1.54) is 36.4 Å². The Bertz CT molecular complexity index is 1030. The lowest BCUT2D eigenvalue weighted by atomic mass is 10.1. The van der Waals surface area contributed by atoms with E-state index in [9.17, 15) is 13.2 Å². The van der Waals surface area contributed by atoms with Crippen LogP contribution in [0.1, 0.15) is 5.56 Å². The number of ketones is 1. The molecule has 0 heterocycles. The van der Waals surface area contributed by atoms with Gasteiger partial charge in [-0.05, 0) is 48.6 Å². The van der Waals surface area contributed by atoms with E-state index in [0.717, 1.165) is 4.47 Å². The van der Waals surface area contributed by atoms with Gasteiger partial charge in [-0.1, -0.05) is 46.3 Å². The normalized spacial score (nSPS) is 14.6. The Morgan fingerprint density at radius 3 is 2.08 bits per heavy atom. The van der Waals surface area contributed by atoms with Crippen LogP contribution in [0.25, 0.3) is 0 Å². The molecule has 5 nitrogen and oxygen atoms in total. The van der Waals surface area contributed by atoms with Gasteiger partial charge in [0.25, 0.3) is 10.0 Å². The Hall–Kier alpha value is -2.64. The first-order valence-electron chi connectivity index (χ1n) is 7.59. The molecular formula is C19H13BrN2O3S. The first kappa shape index (κ1) is 18.2. The molecule has 0 atom stereocenters. The van der Waals surface area contributed by atoms with Gasteiger partial charge in [0.15, 0.2) is 11.6 Å². The third kappa shape index (κ3) is 4.50. The van der Waals surface area contributed by atoms with E-state index in [1.54, 1.807) is 36.4 Å². The molecule has 0 radical (unpaired) electrons. The monoisotopic (exact) mass is 428 g/mol. The number of carbonyl (C=O) groups excluding carboxylic acids is 1. The summed E-state index contributed by atoms with van der Waals surface area (Å²) in [6.45, 7) is 0. The smallest absolute Gasteiger partial charge is 0.284 e. The van der Waals surface area contributed by atoms with Crippen LogP contribution in [-0.2, 0) is 14.8 Å². The molecule has 0 saturated heterocycles. The fourth-order valence-electron chi connectivity index (χ4n) is 2.14. The van der Waals surface area contributed by atoms with Gasteiger partial charge in [0.05, 0.1) is 10.6 Å². The van der Waals surface area contributed by atoms with E-state index >= 15 is 0 Å². The second kappa shape index (κ2) is 7.72. The average Bonchev–Trinajstić information content (AvgIpc) is 2.64. The van der Waals surface area contributed by atoms with Gasteiger partial charge in [0, 0.05) is 10.0 Å². The minimum atomic E-state index is -3.94. The van der Waals surface area contributed by atoms with Crippen LogP contribution >= 0.6 is 15.9 Å². The minimum Gasteiger partial charge on any atom is -0.290 e. The van der Waals surface area contributed by atoms with Crippen molar-refractivity contribution in [1.29, 1.82) is 0 Å². The van der Waals surface area contributed by atoms with Crippen molar-refractivity contribution in [2.24, 2.45) is 9.39 Å². The number of carbonyl (C=O) groups is 1. The van der Waals surface area contributed by atoms with Crippen molar-refractivity contribution in [1.82, 2.24) is 0 Å². The lowest BCUT2D eigenvalue weighted by Crippen LogP contribution is -2.08. The Labute approximate surface area is 159 Å². The summed E-state index contributed by atoms with van der Waals surface area (Å²) in [7, 11) is -3.94. The molecule has 26 heavy (non-hydrogen) atoms. The highest BCUT2D eigenvalue weighted by Crippen LogP contribution is 2.18. The summed E-state index contributed by atoms with van der Waals surface area (Å²) in [6.07, 6.45) is 5.77. The number of amidine groups is 1. The molecule has 0 amide bonds. The molecule has 0 bridgehead atoms. The summed E-state index contributed by atoms with van der Waals surface area (Å²) in [5.74, 6) is -0.100. The van der Waals surface area contributed by atoms with E-state index in [2.05, 4.69) is 25.3 Å². The van der Waals surface area contributed by atoms with Crippen molar-refractivity contribution in [3.63, 3.8) is 0 Å². The summed E-state index contributed by atoms with van der Waals surface area (Å²) < 4.78 is 30.0. The zero-order chi connectivity index (χ0) is 18.6. The highest BCUT2D eigenvalue weighted by atomic mass is 79.9. The van der Waals surface area contributed by atoms with Crippen LogP contribution in [0.3, 0.4) is 0 Å². The van der Waals surface area contributed by atoms with Crippen molar-refractivity contribution in [3.05, 3.63) is 88.9 Å². The van der Waals surface area contributed by atoms with Crippen LogP contribution in [0.4, 0.5) is 0 Å². The van der Waals surface area contributed by atoms with Crippen LogP contribution in [0.15, 0.2) is 97.7 Å². The van der Waals surface area contributed by atoms with Gasteiger partial charge in [-0.3, -0.25) is 4.79 Å². The van der Waals surface area contributed by atoms with Crippen LogP contribution in [0.2, 0.25) is 0 Å². The number of nitrogens with zero attached hydrogens (tertiary/aromatic N) is 2. The van der Waals surface area contributed by atoms with Crippen molar-refractivity contribution in [3.8, 4) is 0 Å². The van der Waals surface area contributed by atoms with Crippen LogP contribution in [0, 0.1) is 0 Å². The van der Waals surface area contributed by atoms with Gasteiger partial charge in [0.1, 0.15) is 0 Å². The standard InChI is InChI=1S/C19H13BrN2O3S/c20-15-6-12-18(13-7-15)26(24,25)22-19(14-4-2-1-3-5-14)21-16-8-10-17(23)11-9-16/h1-13H/b22-19-. The SMILES string of the molecule is O=C1C=CC(=N/C(=N\S(=O)(=O)c2ccc(Br)cc2)c2ccccc2)C=C1. The number of halogens is 1. The maximum Gasteiger partial charge on any atom is 0.284 e. The van der Waals surface area contributed by atoms with Crippen molar-refractivity contribution in [2.45, 2.75) is 4.90 Å². The molecule has 0 N–H and O–H groups in total. The Kier molecular flexibility index (Phi) is 5.39. The van der Waals surface area contributed by atoms with E-state index in [1.807, 2.05) is 6.07 Å². The first-order chi connectivity index (χ1) is 12.4. The van der Waals surface area contributed by atoms with Gasteiger partial charge in [-0.15, -0.1) is 4.40 Å². The third-order valence-corrected chi connectivity index (χ3v) is 5.23. The topological polar surface area (TPSA) is 75.9 Å². The van der Waals surface area contributed by atoms with Gasteiger partial charge in [-0.2, -0.15) is 8.42 Å². The van der Waals surface area contributed by atoms with E-state index < -0.39 is 10.0 Å². The van der Waals surface area contributed by atoms with E-state index in [0.29, 0.717) is 11.3 Å². The van der Waals surface area contributed by atoms with Crippen molar-refractivity contribution in [2.75, 3.05) is 0 Å². The first-order valence-corrected chi connectivity index (χ1v) is 9.82. The summed E-state index contributed by atoms with van der Waals surface area (Å²) >= 11 is 3.28. The number of hydrogen-bond donors (Lipinski definition) is 0. The van der Waals surface area contributed by atoms with Gasteiger partial charge in [0.2, 0.25) is 0 Å². The van der Waals surface area contributed by atoms with Crippen molar-refractivity contribution < 1.29 is 13.2 Å². The number of sulfonamides is 1. The van der Waals surface area contributed by atoms with Crippen molar-refractivity contribution >= 4 is 43.3 Å². The number of rotatable bonds is 3. The predicted molar refractivity (Wildman–Crippen MR) is 105 cm³/mol. The molecule has 0 aliphatic heterocycles. The lowest BCUT2D eigenvalue weighted by molar-refractivity contribution is -0.110. The molecule has 1 aliphatic carbocycles. The highest BCUT2D eigenvalue weighted by molar-refractivity contribution is 9.10. The quantitative estimate of drug-likeness (QED) is 0.424.